The standard InChI is InChI=1S/C19H22OS2/c1-5-20-16-9-7-13(3)17(11-16)19(22)18(21)15-8-6-12(2)14(4)10-15/h6-11,21-22H,5H2,1-4H3/b19-18-. The molecule has 0 bridgehead atoms. The minimum Gasteiger partial charge on any atom is -0.494 e. The lowest BCUT2D eigenvalue weighted by Crippen LogP contribution is -1.94. The molecule has 0 saturated carbocycles. The van der Waals surface area contributed by atoms with Gasteiger partial charge in [-0.3, -0.25) is 0 Å². The fourth-order valence-corrected chi connectivity index (χ4v) is 2.90. The molecule has 116 valence electrons. The van der Waals surface area contributed by atoms with E-state index in [9.17, 15) is 0 Å². The van der Waals surface area contributed by atoms with Crippen molar-refractivity contribution in [3.05, 3.63) is 64.2 Å². The van der Waals surface area contributed by atoms with E-state index in [0.717, 1.165) is 32.3 Å². The van der Waals surface area contributed by atoms with E-state index in [1.807, 2.05) is 19.1 Å². The fraction of sp³-hybridized carbons (Fsp3) is 0.263. The molecule has 0 aliphatic rings. The molecule has 0 fully saturated rings. The second-order valence-corrected chi connectivity index (χ2v) is 6.30. The molecule has 0 heterocycles. The van der Waals surface area contributed by atoms with E-state index in [4.69, 9.17) is 30.0 Å². The number of ether oxygens (including phenoxy) is 1. The summed E-state index contributed by atoms with van der Waals surface area (Å²) in [5.74, 6) is 0.857. The zero-order chi connectivity index (χ0) is 16.3. The molecule has 0 N–H and O–H groups in total. The van der Waals surface area contributed by atoms with Gasteiger partial charge in [-0.25, -0.2) is 0 Å². The predicted molar refractivity (Wildman–Crippen MR) is 103 cm³/mol. The molecule has 2 aromatic carbocycles. The molecule has 0 amide bonds. The van der Waals surface area contributed by atoms with Crippen LogP contribution in [0, 0.1) is 20.8 Å². The van der Waals surface area contributed by atoms with Gasteiger partial charge < -0.3 is 4.74 Å². The average Bonchev–Trinajstić information content (AvgIpc) is 2.51. The topological polar surface area (TPSA) is 9.23 Å². The van der Waals surface area contributed by atoms with Gasteiger partial charge in [-0.1, -0.05) is 24.3 Å². The van der Waals surface area contributed by atoms with Crippen LogP contribution in [0.25, 0.3) is 9.81 Å². The van der Waals surface area contributed by atoms with Gasteiger partial charge in [0.15, 0.2) is 0 Å². The van der Waals surface area contributed by atoms with Crippen molar-refractivity contribution in [3.8, 4) is 5.75 Å². The highest BCUT2D eigenvalue weighted by atomic mass is 32.1. The van der Waals surface area contributed by atoms with Crippen molar-refractivity contribution < 1.29 is 4.74 Å². The third-order valence-corrected chi connectivity index (χ3v) is 4.90. The van der Waals surface area contributed by atoms with Crippen molar-refractivity contribution in [2.45, 2.75) is 27.7 Å². The van der Waals surface area contributed by atoms with Crippen molar-refractivity contribution in [2.75, 3.05) is 6.61 Å². The highest BCUT2D eigenvalue weighted by molar-refractivity contribution is 7.96. The lowest BCUT2D eigenvalue weighted by molar-refractivity contribution is 0.340. The second kappa shape index (κ2) is 7.30. The smallest absolute Gasteiger partial charge is 0.119 e. The summed E-state index contributed by atoms with van der Waals surface area (Å²) >= 11 is 9.42. The SMILES string of the molecule is CCOc1ccc(C)c(/C(S)=C(/S)c2ccc(C)c(C)c2)c1. The zero-order valence-electron chi connectivity index (χ0n) is 13.5. The molecule has 2 rings (SSSR count). The normalized spacial score (nSPS) is 12.1. The first-order valence-corrected chi connectivity index (χ1v) is 8.27. The fourth-order valence-electron chi connectivity index (χ4n) is 2.27. The number of aryl methyl sites for hydroxylation is 3. The predicted octanol–water partition coefficient (Wildman–Crippen LogP) is 5.70. The van der Waals surface area contributed by atoms with Crippen molar-refractivity contribution in [1.29, 1.82) is 0 Å². The van der Waals surface area contributed by atoms with Crippen LogP contribution in [0.15, 0.2) is 36.4 Å². The van der Waals surface area contributed by atoms with E-state index in [-0.39, 0.29) is 0 Å². The molecule has 0 aliphatic carbocycles. The Balaban J connectivity index is 2.49. The number of benzene rings is 2. The quantitative estimate of drug-likeness (QED) is 0.540. The van der Waals surface area contributed by atoms with Gasteiger partial charge in [0.05, 0.1) is 6.61 Å². The summed E-state index contributed by atoms with van der Waals surface area (Å²) in [5.41, 5.74) is 5.82. The Morgan fingerprint density at radius 1 is 0.864 bits per heavy atom. The van der Waals surface area contributed by atoms with Gasteiger partial charge in [-0.15, -0.1) is 25.3 Å². The summed E-state index contributed by atoms with van der Waals surface area (Å²) < 4.78 is 5.59. The Bertz CT molecular complexity index is 717. The zero-order valence-corrected chi connectivity index (χ0v) is 15.3. The van der Waals surface area contributed by atoms with E-state index in [1.165, 1.54) is 11.1 Å². The molecule has 0 saturated heterocycles. The maximum absolute atomic E-state index is 5.59. The minimum absolute atomic E-state index is 0.652. The van der Waals surface area contributed by atoms with E-state index >= 15 is 0 Å². The largest absolute Gasteiger partial charge is 0.494 e. The van der Waals surface area contributed by atoms with Crippen LogP contribution in [0.1, 0.15) is 34.7 Å². The van der Waals surface area contributed by atoms with Gasteiger partial charge >= 0.3 is 0 Å². The van der Waals surface area contributed by atoms with Crippen LogP contribution in [-0.4, -0.2) is 6.61 Å². The Hall–Kier alpha value is -1.32. The highest BCUT2D eigenvalue weighted by Gasteiger charge is 2.10. The van der Waals surface area contributed by atoms with E-state index in [1.54, 1.807) is 0 Å². The van der Waals surface area contributed by atoms with Gasteiger partial charge in [0.2, 0.25) is 0 Å². The molecule has 2 aromatic rings. The van der Waals surface area contributed by atoms with E-state index in [0.29, 0.717) is 6.61 Å². The van der Waals surface area contributed by atoms with Gasteiger partial charge in [0.25, 0.3) is 0 Å². The van der Waals surface area contributed by atoms with Gasteiger partial charge in [0.1, 0.15) is 5.75 Å². The molecule has 0 aromatic heterocycles. The first kappa shape index (κ1) is 17.0. The maximum Gasteiger partial charge on any atom is 0.119 e. The van der Waals surface area contributed by atoms with Gasteiger partial charge in [-0.05, 0) is 67.6 Å². The van der Waals surface area contributed by atoms with Crippen LogP contribution in [0.2, 0.25) is 0 Å². The van der Waals surface area contributed by atoms with Crippen molar-refractivity contribution >= 4 is 35.1 Å². The lowest BCUT2D eigenvalue weighted by atomic mass is 10.0. The second-order valence-electron chi connectivity index (χ2n) is 5.41. The molecule has 0 atom stereocenters. The monoisotopic (exact) mass is 330 g/mol. The van der Waals surface area contributed by atoms with Gasteiger partial charge in [-0.2, -0.15) is 0 Å². The summed E-state index contributed by atoms with van der Waals surface area (Å²) in [6.07, 6.45) is 0. The van der Waals surface area contributed by atoms with Gasteiger partial charge in [0, 0.05) is 9.81 Å². The molecule has 0 unspecified atom stereocenters. The Morgan fingerprint density at radius 3 is 2.18 bits per heavy atom. The van der Waals surface area contributed by atoms with Crippen LogP contribution < -0.4 is 4.74 Å². The third-order valence-electron chi connectivity index (χ3n) is 3.78. The first-order valence-electron chi connectivity index (χ1n) is 7.37. The molecular weight excluding hydrogens is 308 g/mol. The molecule has 0 aliphatic heterocycles. The molecule has 0 spiro atoms. The third kappa shape index (κ3) is 3.71. The molecule has 22 heavy (non-hydrogen) atoms. The van der Waals surface area contributed by atoms with Crippen molar-refractivity contribution in [2.24, 2.45) is 0 Å². The first-order chi connectivity index (χ1) is 10.4. The molecular formula is C19H22OS2. The number of hydrogen-bond acceptors (Lipinski definition) is 3. The summed E-state index contributed by atoms with van der Waals surface area (Å²) in [4.78, 5) is 1.74. The van der Waals surface area contributed by atoms with Crippen molar-refractivity contribution in [1.82, 2.24) is 0 Å². The van der Waals surface area contributed by atoms with Crippen LogP contribution >= 0.6 is 25.3 Å². The summed E-state index contributed by atoms with van der Waals surface area (Å²) in [5, 5.41) is 0. The number of rotatable bonds is 4. The van der Waals surface area contributed by atoms with Crippen LogP contribution in [0.5, 0.6) is 5.75 Å². The van der Waals surface area contributed by atoms with Crippen LogP contribution in [0.3, 0.4) is 0 Å². The number of thiol groups is 2. The Labute approximate surface area is 144 Å². The Morgan fingerprint density at radius 2 is 1.55 bits per heavy atom. The summed E-state index contributed by atoms with van der Waals surface area (Å²) in [6.45, 7) is 8.93. The molecule has 0 radical (unpaired) electrons. The molecule has 1 nitrogen and oxygen atoms in total. The van der Waals surface area contributed by atoms with Crippen molar-refractivity contribution in [3.63, 3.8) is 0 Å². The van der Waals surface area contributed by atoms with Crippen LogP contribution in [0.4, 0.5) is 0 Å². The minimum atomic E-state index is 0.652. The van der Waals surface area contributed by atoms with E-state index < -0.39 is 0 Å². The Kier molecular flexibility index (Phi) is 5.65. The number of hydrogen-bond donors (Lipinski definition) is 2. The average molecular weight is 331 g/mol. The molecule has 3 heteroatoms. The summed E-state index contributed by atoms with van der Waals surface area (Å²) in [6, 6.07) is 12.4. The van der Waals surface area contributed by atoms with Crippen LogP contribution in [-0.2, 0) is 0 Å². The maximum atomic E-state index is 5.59. The highest BCUT2D eigenvalue weighted by Crippen LogP contribution is 2.35. The van der Waals surface area contributed by atoms with E-state index in [2.05, 4.69) is 45.0 Å². The lowest BCUT2D eigenvalue weighted by Gasteiger charge is -2.13. The summed E-state index contributed by atoms with van der Waals surface area (Å²) in [7, 11) is 0.